The molecule has 1 saturated heterocycles. The van der Waals surface area contributed by atoms with Gasteiger partial charge in [0.2, 0.25) is 5.91 Å². The van der Waals surface area contributed by atoms with E-state index < -0.39 is 68.0 Å². The number of benzene rings is 2. The number of amides is 2. The van der Waals surface area contributed by atoms with Crippen LogP contribution in [0, 0.1) is 23.6 Å². The van der Waals surface area contributed by atoms with Crippen molar-refractivity contribution in [3.05, 3.63) is 47.8 Å². The first-order valence-electron chi connectivity index (χ1n) is 14.1. The summed E-state index contributed by atoms with van der Waals surface area (Å²) < 4.78 is 93.9. The Kier molecular flexibility index (Phi) is 8.99. The Morgan fingerprint density at radius 1 is 1.02 bits per heavy atom. The standard InChI is InChI=1S/C29H30F4N2O9S/c1-42-22-12-20(30)23(44-17-7-8-21(28(38)39)43-13-17)11-19(22)26(36)35-25-15-6-5-14(9-15)24(25)27(37)34-16-3-2-4-18(10-16)45(40,41)29(31,32)33/h2-4,10-12,14-15,17,21,24-25H,5-9,13H2,1H3,(H,34,37)(H,35,36)(H,38,39). The normalized spacial score (nSPS) is 26.2. The fourth-order valence-electron chi connectivity index (χ4n) is 6.37. The number of sulfone groups is 1. The molecule has 3 N–H and O–H groups in total. The number of carbonyl (C=O) groups excluding carboxylic acids is 2. The van der Waals surface area contributed by atoms with Crippen LogP contribution < -0.4 is 20.1 Å². The fraction of sp³-hybridized carbons (Fsp3) is 0.483. The van der Waals surface area contributed by atoms with E-state index in [0.717, 1.165) is 30.3 Å². The summed E-state index contributed by atoms with van der Waals surface area (Å²) in [5.74, 6) is -4.60. The number of hydrogen-bond acceptors (Lipinski definition) is 8. The van der Waals surface area contributed by atoms with Crippen LogP contribution in [0.2, 0.25) is 0 Å². The number of carbonyl (C=O) groups is 3. The predicted molar refractivity (Wildman–Crippen MR) is 148 cm³/mol. The molecule has 2 aliphatic carbocycles. The first kappa shape index (κ1) is 32.5. The number of ether oxygens (including phenoxy) is 3. The van der Waals surface area contributed by atoms with Crippen molar-refractivity contribution in [1.82, 2.24) is 5.32 Å². The third-order valence-corrected chi connectivity index (χ3v) is 10.0. The lowest BCUT2D eigenvalue weighted by Crippen LogP contribution is -2.48. The summed E-state index contributed by atoms with van der Waals surface area (Å²) in [6.45, 7) is -0.100. The van der Waals surface area contributed by atoms with Gasteiger partial charge in [-0.25, -0.2) is 17.6 Å². The summed E-state index contributed by atoms with van der Waals surface area (Å²) in [6.07, 6.45) is 0.782. The molecule has 2 saturated carbocycles. The second-order valence-corrected chi connectivity index (χ2v) is 13.2. The number of nitrogens with one attached hydrogen (secondary N) is 2. The van der Waals surface area contributed by atoms with Crippen molar-refractivity contribution in [1.29, 1.82) is 0 Å². The van der Waals surface area contributed by atoms with Crippen molar-refractivity contribution >= 4 is 33.3 Å². The van der Waals surface area contributed by atoms with E-state index in [1.807, 2.05) is 0 Å². The van der Waals surface area contributed by atoms with Gasteiger partial charge in [0, 0.05) is 17.8 Å². The van der Waals surface area contributed by atoms with Crippen LogP contribution in [0.5, 0.6) is 11.5 Å². The average molecular weight is 659 g/mol. The molecule has 2 amide bonds. The molecule has 16 heteroatoms. The van der Waals surface area contributed by atoms with Crippen LogP contribution in [0.25, 0.3) is 0 Å². The van der Waals surface area contributed by atoms with Crippen LogP contribution >= 0.6 is 0 Å². The number of halogens is 4. The second kappa shape index (κ2) is 12.5. The van der Waals surface area contributed by atoms with Gasteiger partial charge in [-0.15, -0.1) is 0 Å². The highest BCUT2D eigenvalue weighted by Gasteiger charge is 2.52. The molecule has 3 fully saturated rings. The van der Waals surface area contributed by atoms with Crippen molar-refractivity contribution in [2.24, 2.45) is 17.8 Å². The fourth-order valence-corrected chi connectivity index (χ4v) is 7.18. The summed E-state index contributed by atoms with van der Waals surface area (Å²) in [7, 11) is -4.39. The molecule has 2 bridgehead atoms. The van der Waals surface area contributed by atoms with Gasteiger partial charge in [0.25, 0.3) is 15.7 Å². The molecule has 2 aromatic rings. The van der Waals surface area contributed by atoms with Crippen LogP contribution in [-0.4, -0.2) is 68.8 Å². The summed E-state index contributed by atoms with van der Waals surface area (Å²) in [5.41, 5.74) is -5.75. The molecule has 2 aromatic carbocycles. The van der Waals surface area contributed by atoms with Crippen LogP contribution in [-0.2, 0) is 24.2 Å². The van der Waals surface area contributed by atoms with Crippen LogP contribution in [0.4, 0.5) is 23.2 Å². The van der Waals surface area contributed by atoms with E-state index >= 15 is 0 Å². The van der Waals surface area contributed by atoms with Crippen LogP contribution in [0.15, 0.2) is 41.3 Å². The van der Waals surface area contributed by atoms with Crippen LogP contribution in [0.1, 0.15) is 42.5 Å². The Hall–Kier alpha value is -3.92. The minimum absolute atomic E-state index is 0.0824. The maximum atomic E-state index is 14.9. The van der Waals surface area contributed by atoms with Gasteiger partial charge in [-0.05, 0) is 68.2 Å². The van der Waals surface area contributed by atoms with E-state index in [-0.39, 0.29) is 54.0 Å². The Morgan fingerprint density at radius 2 is 1.76 bits per heavy atom. The second-order valence-electron chi connectivity index (χ2n) is 11.3. The molecule has 6 unspecified atom stereocenters. The number of aliphatic carboxylic acids is 1. The number of rotatable bonds is 9. The first-order chi connectivity index (χ1) is 21.2. The Labute approximate surface area is 255 Å². The SMILES string of the molecule is COc1cc(F)c(OC2CCC(C(=O)O)OC2)cc1C(=O)NC1C2CCC(C2)C1C(=O)Nc1cccc(S(=O)(=O)C(F)(F)F)c1. The van der Waals surface area contributed by atoms with E-state index in [9.17, 15) is 40.4 Å². The van der Waals surface area contributed by atoms with E-state index in [0.29, 0.717) is 19.3 Å². The zero-order valence-corrected chi connectivity index (χ0v) is 24.6. The highest BCUT2D eigenvalue weighted by molar-refractivity contribution is 7.92. The van der Waals surface area contributed by atoms with Gasteiger partial charge >= 0.3 is 11.5 Å². The third kappa shape index (κ3) is 6.57. The lowest BCUT2D eigenvalue weighted by molar-refractivity contribution is -0.156. The molecule has 0 aromatic heterocycles. The smallest absolute Gasteiger partial charge is 0.496 e. The number of alkyl halides is 3. The van der Waals surface area contributed by atoms with E-state index in [1.165, 1.54) is 13.2 Å². The molecule has 244 valence electrons. The average Bonchev–Trinajstić information content (AvgIpc) is 3.60. The van der Waals surface area contributed by atoms with Gasteiger partial charge in [0.1, 0.15) is 11.9 Å². The van der Waals surface area contributed by atoms with Gasteiger partial charge in [-0.3, -0.25) is 9.59 Å². The topological polar surface area (TPSA) is 157 Å². The van der Waals surface area contributed by atoms with Crippen molar-refractivity contribution in [3.8, 4) is 11.5 Å². The number of methoxy groups -OCH3 is 1. The third-order valence-electron chi connectivity index (χ3n) is 8.54. The molecule has 11 nitrogen and oxygen atoms in total. The maximum absolute atomic E-state index is 14.9. The molecule has 45 heavy (non-hydrogen) atoms. The highest BCUT2D eigenvalue weighted by atomic mass is 32.2. The van der Waals surface area contributed by atoms with Gasteiger partial charge < -0.3 is 30.0 Å². The molecule has 6 atom stereocenters. The molecule has 3 aliphatic rings. The molecule has 5 rings (SSSR count). The van der Waals surface area contributed by atoms with Crippen molar-refractivity contribution in [2.75, 3.05) is 19.0 Å². The minimum Gasteiger partial charge on any atom is -0.496 e. The van der Waals surface area contributed by atoms with Crippen molar-refractivity contribution < 1.29 is 59.7 Å². The Balaban J connectivity index is 1.32. The van der Waals surface area contributed by atoms with E-state index in [1.54, 1.807) is 0 Å². The Bertz CT molecular complexity index is 1590. The highest BCUT2D eigenvalue weighted by Crippen LogP contribution is 2.49. The molecular weight excluding hydrogens is 628 g/mol. The Morgan fingerprint density at radius 3 is 2.40 bits per heavy atom. The number of fused-ring (bicyclic) bond motifs is 2. The van der Waals surface area contributed by atoms with Gasteiger partial charge in [0.15, 0.2) is 17.7 Å². The quantitative estimate of drug-likeness (QED) is 0.340. The van der Waals surface area contributed by atoms with Crippen molar-refractivity contribution in [2.45, 2.75) is 60.8 Å². The van der Waals surface area contributed by atoms with Gasteiger partial charge in [-0.2, -0.15) is 13.2 Å². The molecule has 1 heterocycles. The zero-order valence-electron chi connectivity index (χ0n) is 23.8. The largest absolute Gasteiger partial charge is 0.501 e. The molecule has 0 radical (unpaired) electrons. The molecular formula is C29H30F4N2O9S. The van der Waals surface area contributed by atoms with Gasteiger partial charge in [-0.1, -0.05) is 6.07 Å². The summed E-state index contributed by atoms with van der Waals surface area (Å²) in [6, 6.07) is 5.30. The predicted octanol–water partition coefficient (Wildman–Crippen LogP) is 3.92. The van der Waals surface area contributed by atoms with E-state index in [2.05, 4.69) is 10.6 Å². The monoisotopic (exact) mass is 658 g/mol. The maximum Gasteiger partial charge on any atom is 0.501 e. The lowest BCUT2D eigenvalue weighted by Gasteiger charge is -2.31. The summed E-state index contributed by atoms with van der Waals surface area (Å²) >= 11 is 0. The number of carboxylic acid groups (broad SMARTS) is 1. The minimum atomic E-state index is -5.64. The first-order valence-corrected chi connectivity index (χ1v) is 15.6. The summed E-state index contributed by atoms with van der Waals surface area (Å²) in [5, 5.41) is 14.4. The molecule has 0 spiro atoms. The summed E-state index contributed by atoms with van der Waals surface area (Å²) in [4.78, 5) is 37.1. The number of anilines is 1. The van der Waals surface area contributed by atoms with Crippen molar-refractivity contribution in [3.63, 3.8) is 0 Å². The lowest BCUT2D eigenvalue weighted by atomic mass is 9.83. The number of carboxylic acids is 1. The molecule has 1 aliphatic heterocycles. The van der Waals surface area contributed by atoms with Gasteiger partial charge in [0.05, 0.1) is 30.1 Å². The van der Waals surface area contributed by atoms with Crippen LogP contribution in [0.3, 0.4) is 0 Å². The zero-order chi connectivity index (χ0) is 32.7. The number of hydrogen-bond donors (Lipinski definition) is 3. The van der Waals surface area contributed by atoms with E-state index in [4.69, 9.17) is 19.3 Å².